The lowest BCUT2D eigenvalue weighted by Crippen LogP contribution is -2.27. The summed E-state index contributed by atoms with van der Waals surface area (Å²) in [5.41, 5.74) is 0. The van der Waals surface area contributed by atoms with Crippen molar-refractivity contribution in [2.24, 2.45) is 4.99 Å². The minimum Gasteiger partial charge on any atom is -0.460 e. The fourth-order valence-corrected chi connectivity index (χ4v) is 1.69. The molecule has 2 fully saturated rings. The van der Waals surface area contributed by atoms with E-state index in [1.807, 2.05) is 0 Å². The van der Waals surface area contributed by atoms with Crippen molar-refractivity contribution < 1.29 is 4.74 Å². The third-order valence-corrected chi connectivity index (χ3v) is 2.23. The molecule has 1 N–H and O–H groups in total. The number of nitrogens with one attached hydrogen (secondary N) is 1. The summed E-state index contributed by atoms with van der Waals surface area (Å²) in [7, 11) is 1.75. The Morgan fingerprint density at radius 1 is 1.60 bits per heavy atom. The van der Waals surface area contributed by atoms with Crippen LogP contribution in [0.25, 0.3) is 0 Å². The van der Waals surface area contributed by atoms with Crippen molar-refractivity contribution in [2.45, 2.75) is 31.4 Å². The lowest BCUT2D eigenvalue weighted by atomic mass is 10.2. The Morgan fingerprint density at radius 3 is 3.20 bits per heavy atom. The Balaban J connectivity index is 2.07. The van der Waals surface area contributed by atoms with Crippen molar-refractivity contribution in [1.82, 2.24) is 5.32 Å². The monoisotopic (exact) mass is 140 g/mol. The second-order valence-corrected chi connectivity index (χ2v) is 2.87. The van der Waals surface area contributed by atoms with Crippen molar-refractivity contribution in [3.8, 4) is 0 Å². The van der Waals surface area contributed by atoms with Crippen LogP contribution in [0.15, 0.2) is 4.99 Å². The lowest BCUT2D eigenvalue weighted by molar-refractivity contribution is 0.218. The van der Waals surface area contributed by atoms with E-state index < -0.39 is 0 Å². The third kappa shape index (κ3) is 0.770. The van der Waals surface area contributed by atoms with E-state index in [1.165, 1.54) is 19.3 Å². The standard InChI is InChI=1S/C7H12N2O/c1-8-7-9-5-3-2-4-6(5)10-7/h5-6H,2-4H2,1H3,(H,8,9). The zero-order chi connectivity index (χ0) is 6.97. The molecule has 2 rings (SSSR count). The molecule has 2 atom stereocenters. The van der Waals surface area contributed by atoms with Crippen LogP contribution in [-0.2, 0) is 4.74 Å². The van der Waals surface area contributed by atoms with Crippen LogP contribution < -0.4 is 5.32 Å². The van der Waals surface area contributed by atoms with Crippen LogP contribution in [-0.4, -0.2) is 25.2 Å². The molecule has 0 bridgehead atoms. The van der Waals surface area contributed by atoms with Gasteiger partial charge in [0.1, 0.15) is 6.10 Å². The van der Waals surface area contributed by atoms with E-state index in [9.17, 15) is 0 Å². The van der Waals surface area contributed by atoms with Crippen molar-refractivity contribution in [1.29, 1.82) is 0 Å². The van der Waals surface area contributed by atoms with Crippen LogP contribution >= 0.6 is 0 Å². The molecule has 0 aromatic carbocycles. The molecule has 0 aromatic rings. The Kier molecular flexibility index (Phi) is 1.29. The maximum Gasteiger partial charge on any atom is 0.285 e. The zero-order valence-corrected chi connectivity index (χ0v) is 6.13. The minimum atomic E-state index is 0.415. The summed E-state index contributed by atoms with van der Waals surface area (Å²) < 4.78 is 5.47. The van der Waals surface area contributed by atoms with E-state index in [1.54, 1.807) is 7.05 Å². The molecule has 1 saturated heterocycles. The largest absolute Gasteiger partial charge is 0.460 e. The van der Waals surface area contributed by atoms with Gasteiger partial charge in [-0.1, -0.05) is 0 Å². The predicted octanol–water partition coefficient (Wildman–Crippen LogP) is 0.513. The van der Waals surface area contributed by atoms with Crippen LogP contribution in [0.2, 0.25) is 0 Å². The Hall–Kier alpha value is -0.730. The first kappa shape index (κ1) is 6.01. The maximum absolute atomic E-state index is 5.47. The van der Waals surface area contributed by atoms with Gasteiger partial charge in [0, 0.05) is 7.05 Å². The Bertz CT molecular complexity index is 153. The first-order valence-corrected chi connectivity index (χ1v) is 3.80. The van der Waals surface area contributed by atoms with Gasteiger partial charge in [-0.05, 0) is 19.3 Å². The topological polar surface area (TPSA) is 33.6 Å². The summed E-state index contributed by atoms with van der Waals surface area (Å²) in [6.45, 7) is 0. The van der Waals surface area contributed by atoms with Crippen molar-refractivity contribution in [2.75, 3.05) is 7.05 Å². The van der Waals surface area contributed by atoms with Crippen LogP contribution in [0.4, 0.5) is 0 Å². The molecule has 3 nitrogen and oxygen atoms in total. The zero-order valence-electron chi connectivity index (χ0n) is 6.13. The van der Waals surface area contributed by atoms with Gasteiger partial charge in [-0.25, -0.2) is 4.99 Å². The Labute approximate surface area is 60.5 Å². The fourth-order valence-electron chi connectivity index (χ4n) is 1.69. The van der Waals surface area contributed by atoms with Crippen LogP contribution in [0.5, 0.6) is 0 Å². The number of aliphatic imine (C=N–C) groups is 1. The second-order valence-electron chi connectivity index (χ2n) is 2.87. The van der Waals surface area contributed by atoms with Gasteiger partial charge in [0.05, 0.1) is 6.04 Å². The van der Waals surface area contributed by atoms with Crippen molar-refractivity contribution in [3.05, 3.63) is 0 Å². The van der Waals surface area contributed by atoms with Gasteiger partial charge < -0.3 is 10.1 Å². The summed E-state index contributed by atoms with van der Waals surface area (Å²) in [6, 6.07) is 1.29. The smallest absolute Gasteiger partial charge is 0.285 e. The first-order chi connectivity index (χ1) is 4.90. The molecule has 2 aliphatic rings. The van der Waals surface area contributed by atoms with Gasteiger partial charge in [0.25, 0.3) is 6.02 Å². The van der Waals surface area contributed by atoms with Crippen LogP contribution in [0, 0.1) is 0 Å². The number of amidine groups is 1. The highest BCUT2D eigenvalue weighted by Crippen LogP contribution is 2.25. The molecule has 0 radical (unpaired) electrons. The summed E-state index contributed by atoms with van der Waals surface area (Å²) >= 11 is 0. The molecule has 56 valence electrons. The predicted molar refractivity (Wildman–Crippen MR) is 39.0 cm³/mol. The molecule has 0 spiro atoms. The highest BCUT2D eigenvalue weighted by Gasteiger charge is 2.35. The van der Waals surface area contributed by atoms with E-state index in [-0.39, 0.29) is 0 Å². The second kappa shape index (κ2) is 2.15. The third-order valence-electron chi connectivity index (χ3n) is 2.23. The molecule has 1 aliphatic carbocycles. The van der Waals surface area contributed by atoms with E-state index in [0.29, 0.717) is 12.1 Å². The van der Waals surface area contributed by atoms with Gasteiger partial charge >= 0.3 is 0 Å². The highest BCUT2D eigenvalue weighted by molar-refractivity contribution is 5.76. The average molecular weight is 140 g/mol. The number of fused-ring (bicyclic) bond motifs is 1. The normalized spacial score (nSPS) is 41.1. The van der Waals surface area contributed by atoms with E-state index >= 15 is 0 Å². The Morgan fingerprint density at radius 2 is 2.50 bits per heavy atom. The summed E-state index contributed by atoms with van der Waals surface area (Å²) in [5, 5.41) is 3.23. The van der Waals surface area contributed by atoms with Crippen molar-refractivity contribution in [3.63, 3.8) is 0 Å². The molecule has 1 saturated carbocycles. The van der Waals surface area contributed by atoms with E-state index in [4.69, 9.17) is 4.74 Å². The first-order valence-electron chi connectivity index (χ1n) is 3.80. The molecule has 1 heterocycles. The number of rotatable bonds is 0. The van der Waals surface area contributed by atoms with Crippen LogP contribution in [0.3, 0.4) is 0 Å². The number of hydrogen-bond donors (Lipinski definition) is 1. The minimum absolute atomic E-state index is 0.415. The van der Waals surface area contributed by atoms with Gasteiger partial charge in [-0.3, -0.25) is 0 Å². The van der Waals surface area contributed by atoms with E-state index in [2.05, 4.69) is 10.3 Å². The summed E-state index contributed by atoms with van der Waals surface area (Å²) in [4.78, 5) is 3.95. The molecular weight excluding hydrogens is 128 g/mol. The molecular formula is C7H12N2O. The summed E-state index contributed by atoms with van der Waals surface area (Å²) in [6.07, 6.45) is 4.14. The van der Waals surface area contributed by atoms with Gasteiger partial charge in [-0.15, -0.1) is 0 Å². The van der Waals surface area contributed by atoms with Crippen LogP contribution in [0.1, 0.15) is 19.3 Å². The van der Waals surface area contributed by atoms with Gasteiger partial charge in [-0.2, -0.15) is 0 Å². The molecule has 3 heteroatoms. The maximum atomic E-state index is 5.47. The number of nitrogens with zero attached hydrogens (tertiary/aromatic N) is 1. The molecule has 1 aliphatic heterocycles. The molecule has 0 amide bonds. The number of hydrogen-bond acceptors (Lipinski definition) is 2. The van der Waals surface area contributed by atoms with Gasteiger partial charge in [0.15, 0.2) is 0 Å². The lowest BCUT2D eigenvalue weighted by Gasteiger charge is -2.02. The SMILES string of the molecule is CN=C1NC2CCCC2O1. The number of ether oxygens (including phenoxy) is 1. The van der Waals surface area contributed by atoms with Gasteiger partial charge in [0.2, 0.25) is 0 Å². The average Bonchev–Trinajstić information content (AvgIpc) is 2.42. The molecule has 2 unspecified atom stereocenters. The molecule has 0 aromatic heterocycles. The highest BCUT2D eigenvalue weighted by atomic mass is 16.5. The molecule has 10 heavy (non-hydrogen) atoms. The quantitative estimate of drug-likeness (QED) is 0.532. The van der Waals surface area contributed by atoms with E-state index in [0.717, 1.165) is 6.02 Å². The fraction of sp³-hybridized carbons (Fsp3) is 0.857. The van der Waals surface area contributed by atoms with Crippen molar-refractivity contribution >= 4 is 6.02 Å². The summed E-state index contributed by atoms with van der Waals surface area (Å²) in [5.74, 6) is 0.